The zero-order valence-electron chi connectivity index (χ0n) is 14.8. The van der Waals surface area contributed by atoms with Crippen molar-refractivity contribution < 1.29 is 13.9 Å². The Morgan fingerprint density at radius 1 is 1.22 bits per heavy atom. The number of nitrogens with zero attached hydrogens (tertiary/aromatic N) is 4. The van der Waals surface area contributed by atoms with Gasteiger partial charge < -0.3 is 19.7 Å². The summed E-state index contributed by atoms with van der Waals surface area (Å²) in [5.74, 6) is 1.25. The molecule has 1 aromatic carbocycles. The van der Waals surface area contributed by atoms with E-state index in [1.54, 1.807) is 13.2 Å². The summed E-state index contributed by atoms with van der Waals surface area (Å²) >= 11 is 0. The number of hydrogen-bond donors (Lipinski definition) is 2. The van der Waals surface area contributed by atoms with Gasteiger partial charge in [0.05, 0.1) is 32.2 Å². The van der Waals surface area contributed by atoms with Gasteiger partial charge in [0, 0.05) is 19.2 Å². The van der Waals surface area contributed by atoms with Gasteiger partial charge >= 0.3 is 0 Å². The van der Waals surface area contributed by atoms with Crippen LogP contribution in [0, 0.1) is 5.82 Å². The minimum absolute atomic E-state index is 0.0827. The van der Waals surface area contributed by atoms with Gasteiger partial charge in [-0.15, -0.1) is 0 Å². The van der Waals surface area contributed by atoms with Gasteiger partial charge in [-0.05, 0) is 29.8 Å². The lowest BCUT2D eigenvalue weighted by atomic mass is 10.1. The van der Waals surface area contributed by atoms with Crippen molar-refractivity contribution in [3.8, 4) is 17.0 Å². The van der Waals surface area contributed by atoms with Crippen LogP contribution in [0.4, 0.5) is 22.0 Å². The highest BCUT2D eigenvalue weighted by atomic mass is 19.1. The summed E-state index contributed by atoms with van der Waals surface area (Å²) in [6.07, 6.45) is 1.16. The molecule has 0 radical (unpaired) electrons. The van der Waals surface area contributed by atoms with Crippen LogP contribution in [0.2, 0.25) is 0 Å². The number of benzene rings is 1. The number of aromatic amines is 1. The number of nitrogens with one attached hydrogen (secondary N) is 2. The third-order valence-electron chi connectivity index (χ3n) is 4.25. The zero-order valence-corrected chi connectivity index (χ0v) is 14.8. The second-order valence-corrected chi connectivity index (χ2v) is 5.99. The topological polar surface area (TPSA) is 88.2 Å². The fraction of sp³-hybridized carbons (Fsp3) is 0.278. The molecule has 3 heterocycles. The Morgan fingerprint density at radius 2 is 2.00 bits per heavy atom. The second kappa shape index (κ2) is 7.58. The molecule has 1 aliphatic rings. The maximum Gasteiger partial charge on any atom is 0.227 e. The zero-order chi connectivity index (χ0) is 18.6. The summed E-state index contributed by atoms with van der Waals surface area (Å²) in [5, 5.41) is 10.0. The van der Waals surface area contributed by atoms with Crippen molar-refractivity contribution in [3.05, 3.63) is 42.3 Å². The average molecular weight is 370 g/mol. The monoisotopic (exact) mass is 370 g/mol. The van der Waals surface area contributed by atoms with E-state index in [0.29, 0.717) is 38.1 Å². The molecule has 0 saturated carbocycles. The fourth-order valence-electron chi connectivity index (χ4n) is 2.79. The molecule has 2 N–H and O–H groups in total. The summed E-state index contributed by atoms with van der Waals surface area (Å²) in [6.45, 7) is 2.56. The van der Waals surface area contributed by atoms with Crippen molar-refractivity contribution in [3.63, 3.8) is 0 Å². The van der Waals surface area contributed by atoms with Gasteiger partial charge in [-0.2, -0.15) is 10.1 Å². The SMILES string of the molecule is COc1ccc(-c2cc(Nc3nc(N4CCOCC4)ncc3F)n[nH]2)cc1. The molecule has 0 amide bonds. The Labute approximate surface area is 155 Å². The van der Waals surface area contributed by atoms with Gasteiger partial charge in [0.1, 0.15) is 5.75 Å². The number of morpholine rings is 1. The number of halogens is 1. The lowest BCUT2D eigenvalue weighted by Crippen LogP contribution is -2.37. The summed E-state index contributed by atoms with van der Waals surface area (Å²) in [6, 6.07) is 9.34. The molecule has 1 aliphatic heterocycles. The molecule has 0 bridgehead atoms. The molecule has 9 heteroatoms. The van der Waals surface area contributed by atoms with Crippen LogP contribution in [0.5, 0.6) is 5.75 Å². The molecule has 8 nitrogen and oxygen atoms in total. The molecule has 1 fully saturated rings. The molecule has 3 aromatic rings. The summed E-state index contributed by atoms with van der Waals surface area (Å²) < 4.78 is 24.6. The molecule has 4 rings (SSSR count). The van der Waals surface area contributed by atoms with E-state index in [2.05, 4.69) is 25.5 Å². The molecule has 2 aromatic heterocycles. The van der Waals surface area contributed by atoms with Crippen LogP contribution < -0.4 is 15.0 Å². The van der Waals surface area contributed by atoms with Crippen LogP contribution in [0.25, 0.3) is 11.3 Å². The van der Waals surface area contributed by atoms with Gasteiger partial charge in [-0.3, -0.25) is 5.10 Å². The van der Waals surface area contributed by atoms with Crippen molar-refractivity contribution >= 4 is 17.6 Å². The van der Waals surface area contributed by atoms with Gasteiger partial charge in [0.2, 0.25) is 5.95 Å². The number of aromatic nitrogens is 4. The maximum atomic E-state index is 14.2. The predicted molar refractivity (Wildman–Crippen MR) is 98.9 cm³/mol. The highest BCUT2D eigenvalue weighted by molar-refractivity contribution is 5.65. The number of hydrogen-bond acceptors (Lipinski definition) is 7. The van der Waals surface area contributed by atoms with Gasteiger partial charge in [0.25, 0.3) is 0 Å². The Hall–Kier alpha value is -3.20. The molecule has 1 saturated heterocycles. The van der Waals surface area contributed by atoms with Crippen LogP contribution in [0.1, 0.15) is 0 Å². The molecule has 0 unspecified atom stereocenters. The van der Waals surface area contributed by atoms with Crippen LogP contribution >= 0.6 is 0 Å². The highest BCUT2D eigenvalue weighted by Gasteiger charge is 2.17. The molecular weight excluding hydrogens is 351 g/mol. The van der Waals surface area contributed by atoms with E-state index in [-0.39, 0.29) is 5.82 Å². The third-order valence-corrected chi connectivity index (χ3v) is 4.25. The average Bonchev–Trinajstić information content (AvgIpc) is 3.19. The Kier molecular flexibility index (Phi) is 4.84. The molecule has 140 valence electrons. The molecule has 27 heavy (non-hydrogen) atoms. The largest absolute Gasteiger partial charge is 0.497 e. The van der Waals surface area contributed by atoms with Crippen molar-refractivity contribution in [2.24, 2.45) is 0 Å². The smallest absolute Gasteiger partial charge is 0.227 e. The van der Waals surface area contributed by atoms with E-state index in [1.165, 1.54) is 0 Å². The molecular formula is C18H19FN6O2. The van der Waals surface area contributed by atoms with E-state index in [1.807, 2.05) is 29.2 Å². The number of methoxy groups -OCH3 is 1. The van der Waals surface area contributed by atoms with Crippen LogP contribution in [0.15, 0.2) is 36.5 Å². The first-order chi connectivity index (χ1) is 13.2. The first-order valence-corrected chi connectivity index (χ1v) is 8.55. The van der Waals surface area contributed by atoms with E-state index in [0.717, 1.165) is 23.2 Å². The van der Waals surface area contributed by atoms with E-state index in [4.69, 9.17) is 9.47 Å². The van der Waals surface area contributed by atoms with E-state index >= 15 is 0 Å². The number of rotatable bonds is 5. The lowest BCUT2D eigenvalue weighted by Gasteiger charge is -2.26. The van der Waals surface area contributed by atoms with Gasteiger partial charge in [0.15, 0.2) is 17.5 Å². The number of H-pyrrole nitrogens is 1. The van der Waals surface area contributed by atoms with Crippen molar-refractivity contribution in [2.45, 2.75) is 0 Å². The third kappa shape index (κ3) is 3.82. The Bertz CT molecular complexity index is 908. The quantitative estimate of drug-likeness (QED) is 0.714. The van der Waals surface area contributed by atoms with Crippen LogP contribution in [0.3, 0.4) is 0 Å². The van der Waals surface area contributed by atoms with Crippen molar-refractivity contribution in [2.75, 3.05) is 43.6 Å². The van der Waals surface area contributed by atoms with Gasteiger partial charge in [-0.1, -0.05) is 0 Å². The van der Waals surface area contributed by atoms with Crippen molar-refractivity contribution in [1.82, 2.24) is 20.2 Å². The minimum Gasteiger partial charge on any atom is -0.497 e. The first-order valence-electron chi connectivity index (χ1n) is 8.55. The second-order valence-electron chi connectivity index (χ2n) is 5.99. The molecule has 0 spiro atoms. The van der Waals surface area contributed by atoms with Crippen molar-refractivity contribution in [1.29, 1.82) is 0 Å². The number of anilines is 3. The maximum absolute atomic E-state index is 14.2. The number of ether oxygens (including phenoxy) is 2. The summed E-state index contributed by atoms with van der Waals surface area (Å²) in [7, 11) is 1.62. The fourth-order valence-corrected chi connectivity index (χ4v) is 2.79. The summed E-state index contributed by atoms with van der Waals surface area (Å²) in [4.78, 5) is 10.3. The first kappa shape index (κ1) is 17.2. The molecule has 0 aliphatic carbocycles. The minimum atomic E-state index is -0.541. The summed E-state index contributed by atoms with van der Waals surface area (Å²) in [5.41, 5.74) is 1.73. The van der Waals surface area contributed by atoms with Gasteiger partial charge in [-0.25, -0.2) is 9.37 Å². The standard InChI is InChI=1S/C18H19FN6O2/c1-26-13-4-2-12(3-5-13)15-10-16(24-23-15)21-17-14(19)11-20-18(22-17)25-6-8-27-9-7-25/h2-5,10-11H,6-9H2,1H3,(H2,20,21,22,23,24). The normalized spacial score (nSPS) is 14.2. The Morgan fingerprint density at radius 3 is 2.74 bits per heavy atom. The highest BCUT2D eigenvalue weighted by Crippen LogP contribution is 2.25. The lowest BCUT2D eigenvalue weighted by molar-refractivity contribution is 0.122. The van der Waals surface area contributed by atoms with E-state index in [9.17, 15) is 4.39 Å². The molecule has 0 atom stereocenters. The van der Waals surface area contributed by atoms with Crippen LogP contribution in [-0.2, 0) is 4.74 Å². The predicted octanol–water partition coefficient (Wildman–Crippen LogP) is 2.59. The Balaban J connectivity index is 1.52. The van der Waals surface area contributed by atoms with E-state index < -0.39 is 5.82 Å². The van der Waals surface area contributed by atoms with Crippen LogP contribution in [-0.4, -0.2) is 53.6 Å².